The molecule has 30 heavy (non-hydrogen) atoms. The van der Waals surface area contributed by atoms with Crippen molar-refractivity contribution in [2.24, 2.45) is 17.8 Å². The van der Waals surface area contributed by atoms with Crippen molar-refractivity contribution in [3.63, 3.8) is 0 Å². The Labute approximate surface area is 179 Å². The highest BCUT2D eigenvalue weighted by molar-refractivity contribution is 5.99. The first-order valence-electron chi connectivity index (χ1n) is 11.2. The van der Waals surface area contributed by atoms with Gasteiger partial charge in [-0.15, -0.1) is 0 Å². The minimum Gasteiger partial charge on any atom is -0.394 e. The number of carbonyl (C=O) groups is 3. The fourth-order valence-electron chi connectivity index (χ4n) is 5.47. The van der Waals surface area contributed by atoms with Crippen LogP contribution in [0.25, 0.3) is 0 Å². The quantitative estimate of drug-likeness (QED) is 0.562. The number of nitrogens with zero attached hydrogens (tertiary/aromatic N) is 1. The van der Waals surface area contributed by atoms with E-state index in [4.69, 9.17) is 4.74 Å². The van der Waals surface area contributed by atoms with Crippen LogP contribution in [0.5, 0.6) is 0 Å². The fraction of sp³-hybridized carbons (Fsp3) is 0.864. The van der Waals surface area contributed by atoms with E-state index in [2.05, 4.69) is 10.6 Å². The van der Waals surface area contributed by atoms with Gasteiger partial charge in [-0.1, -0.05) is 20.8 Å². The number of ether oxygens (including phenoxy) is 1. The van der Waals surface area contributed by atoms with Crippen LogP contribution in [0.3, 0.4) is 0 Å². The molecule has 2 unspecified atom stereocenters. The monoisotopic (exact) mass is 423 g/mol. The Bertz CT molecular complexity index is 703. The van der Waals surface area contributed by atoms with E-state index in [1.807, 2.05) is 41.5 Å². The maximum Gasteiger partial charge on any atom is 0.246 e. The first-order chi connectivity index (χ1) is 14.0. The smallest absolute Gasteiger partial charge is 0.246 e. The zero-order valence-electron chi connectivity index (χ0n) is 19.0. The fourth-order valence-corrected chi connectivity index (χ4v) is 5.47. The van der Waals surface area contributed by atoms with Gasteiger partial charge < -0.3 is 25.4 Å². The molecule has 0 saturated carbocycles. The zero-order chi connectivity index (χ0) is 22.4. The molecule has 170 valence electrons. The van der Waals surface area contributed by atoms with Gasteiger partial charge in [-0.3, -0.25) is 14.4 Å². The van der Waals surface area contributed by atoms with Crippen LogP contribution in [0.15, 0.2) is 0 Å². The van der Waals surface area contributed by atoms with Crippen LogP contribution >= 0.6 is 0 Å². The van der Waals surface area contributed by atoms with Gasteiger partial charge in [0.1, 0.15) is 11.6 Å². The van der Waals surface area contributed by atoms with Gasteiger partial charge in [-0.25, -0.2) is 0 Å². The predicted molar refractivity (Wildman–Crippen MR) is 111 cm³/mol. The van der Waals surface area contributed by atoms with E-state index >= 15 is 0 Å². The van der Waals surface area contributed by atoms with Gasteiger partial charge >= 0.3 is 0 Å². The molecule has 3 amide bonds. The third-order valence-corrected chi connectivity index (χ3v) is 6.65. The van der Waals surface area contributed by atoms with Gasteiger partial charge in [-0.05, 0) is 46.0 Å². The second-order valence-corrected chi connectivity index (χ2v) is 10.3. The number of fused-ring (bicyclic) bond motifs is 1. The van der Waals surface area contributed by atoms with E-state index in [1.165, 1.54) is 4.90 Å². The molecule has 3 N–H and O–H groups in total. The molecule has 6 atom stereocenters. The van der Waals surface area contributed by atoms with Crippen LogP contribution in [-0.2, 0) is 19.1 Å². The average molecular weight is 424 g/mol. The van der Waals surface area contributed by atoms with Crippen LogP contribution in [0.4, 0.5) is 0 Å². The second kappa shape index (κ2) is 8.11. The van der Waals surface area contributed by atoms with Crippen molar-refractivity contribution in [2.45, 2.75) is 90.1 Å². The number of aliphatic hydroxyl groups excluding tert-OH is 1. The number of likely N-dealkylation sites (tertiary alicyclic amines) is 1. The summed E-state index contributed by atoms with van der Waals surface area (Å²) in [5.41, 5.74) is -1.50. The van der Waals surface area contributed by atoms with Crippen LogP contribution in [0.1, 0.15) is 60.8 Å². The molecule has 3 rings (SSSR count). The molecule has 2 bridgehead atoms. The summed E-state index contributed by atoms with van der Waals surface area (Å²) in [7, 11) is 0. The van der Waals surface area contributed by atoms with Crippen molar-refractivity contribution in [3.05, 3.63) is 0 Å². The van der Waals surface area contributed by atoms with E-state index in [-0.39, 0.29) is 36.4 Å². The van der Waals surface area contributed by atoms with Crippen LogP contribution in [-0.4, -0.2) is 70.2 Å². The molecular weight excluding hydrogens is 386 g/mol. The van der Waals surface area contributed by atoms with Crippen molar-refractivity contribution in [1.29, 1.82) is 0 Å². The third-order valence-electron chi connectivity index (χ3n) is 6.65. The molecule has 8 nitrogen and oxygen atoms in total. The molecule has 0 aromatic rings. The normalized spacial score (nSPS) is 33.7. The van der Waals surface area contributed by atoms with Gasteiger partial charge in [0.2, 0.25) is 17.7 Å². The van der Waals surface area contributed by atoms with Crippen molar-refractivity contribution in [1.82, 2.24) is 15.5 Å². The lowest BCUT2D eigenvalue weighted by Crippen LogP contribution is -2.61. The number of amides is 3. The first kappa shape index (κ1) is 23.0. The summed E-state index contributed by atoms with van der Waals surface area (Å²) in [6.45, 7) is 11.8. The van der Waals surface area contributed by atoms with Gasteiger partial charge in [0.15, 0.2) is 0 Å². The summed E-state index contributed by atoms with van der Waals surface area (Å²) in [6.07, 6.45) is 1.65. The predicted octanol–water partition coefficient (Wildman–Crippen LogP) is 0.819. The molecule has 0 radical (unpaired) electrons. The van der Waals surface area contributed by atoms with Crippen LogP contribution in [0.2, 0.25) is 0 Å². The Morgan fingerprint density at radius 2 is 1.97 bits per heavy atom. The van der Waals surface area contributed by atoms with Crippen molar-refractivity contribution in [2.75, 3.05) is 13.2 Å². The molecule has 3 fully saturated rings. The Morgan fingerprint density at radius 1 is 1.30 bits per heavy atom. The van der Waals surface area contributed by atoms with Gasteiger partial charge in [-0.2, -0.15) is 0 Å². The molecular formula is C22H37N3O5. The summed E-state index contributed by atoms with van der Waals surface area (Å²) in [6, 6.07) is -1.38. The molecule has 3 heterocycles. The molecule has 0 aromatic heterocycles. The summed E-state index contributed by atoms with van der Waals surface area (Å²) in [5.74, 6) is -2.06. The third kappa shape index (κ3) is 3.62. The topological polar surface area (TPSA) is 108 Å². The highest BCUT2D eigenvalue weighted by atomic mass is 16.5. The Balaban J connectivity index is 2.04. The minimum atomic E-state index is -1.02. The van der Waals surface area contributed by atoms with E-state index in [0.29, 0.717) is 19.4 Å². The number of hydrogen-bond acceptors (Lipinski definition) is 5. The van der Waals surface area contributed by atoms with Crippen LogP contribution in [0, 0.1) is 17.8 Å². The lowest BCUT2D eigenvalue weighted by molar-refractivity contribution is -0.147. The summed E-state index contributed by atoms with van der Waals surface area (Å²) < 4.78 is 6.36. The SMILES string of the molecule is CCCNC(=O)[C@@H]1[C@@H]2CCC3(O2)C(C(=O)NC(C)(C)C)N([C@@H](CO)C(C)C)C(=O)[C@H]13. The maximum atomic E-state index is 13.7. The van der Waals surface area contributed by atoms with E-state index < -0.39 is 35.1 Å². The highest BCUT2D eigenvalue weighted by Crippen LogP contribution is 2.59. The molecule has 3 saturated heterocycles. The minimum absolute atomic E-state index is 0.0521. The molecule has 8 heteroatoms. The lowest BCUT2D eigenvalue weighted by atomic mass is 9.70. The maximum absolute atomic E-state index is 13.7. The first-order valence-corrected chi connectivity index (χ1v) is 11.2. The average Bonchev–Trinajstić information content (AvgIpc) is 3.26. The van der Waals surface area contributed by atoms with Gasteiger partial charge in [0.25, 0.3) is 0 Å². The zero-order valence-corrected chi connectivity index (χ0v) is 19.0. The molecule has 1 spiro atoms. The number of aliphatic hydroxyl groups is 1. The van der Waals surface area contributed by atoms with E-state index in [9.17, 15) is 19.5 Å². The Kier molecular flexibility index (Phi) is 6.22. The van der Waals surface area contributed by atoms with Gasteiger partial charge in [0.05, 0.1) is 30.6 Å². The molecule has 0 aromatic carbocycles. The number of carbonyl (C=O) groups excluding carboxylic acids is 3. The van der Waals surface area contributed by atoms with E-state index in [1.54, 1.807) is 0 Å². The van der Waals surface area contributed by atoms with Gasteiger partial charge in [0, 0.05) is 12.1 Å². The largest absolute Gasteiger partial charge is 0.394 e. The molecule has 3 aliphatic rings. The molecule has 0 aliphatic carbocycles. The van der Waals surface area contributed by atoms with Crippen LogP contribution < -0.4 is 10.6 Å². The second-order valence-electron chi connectivity index (χ2n) is 10.3. The highest BCUT2D eigenvalue weighted by Gasteiger charge is 2.75. The summed E-state index contributed by atoms with van der Waals surface area (Å²) in [4.78, 5) is 41.7. The Morgan fingerprint density at radius 3 is 2.50 bits per heavy atom. The van der Waals surface area contributed by atoms with E-state index in [0.717, 1.165) is 6.42 Å². The summed E-state index contributed by atoms with van der Waals surface area (Å²) >= 11 is 0. The van der Waals surface area contributed by atoms with Crippen molar-refractivity contribution < 1.29 is 24.2 Å². The summed E-state index contributed by atoms with van der Waals surface area (Å²) in [5, 5.41) is 16.0. The standard InChI is InChI=1S/C22H37N3O5/c1-7-10-23-18(27)15-14-8-9-22(30-14)16(15)20(29)25(13(11-26)12(2)3)17(22)19(28)24-21(4,5)6/h12-17,26H,7-11H2,1-6H3,(H,23,27)(H,24,28)/t13-,14-,15+,16-,17?,22?/m0/s1. The van der Waals surface area contributed by atoms with Crippen molar-refractivity contribution in [3.8, 4) is 0 Å². The number of hydrogen-bond donors (Lipinski definition) is 3. The molecule has 3 aliphatic heterocycles. The number of nitrogens with one attached hydrogen (secondary N) is 2. The lowest BCUT2D eigenvalue weighted by Gasteiger charge is -2.39. The number of rotatable bonds is 7. The van der Waals surface area contributed by atoms with Crippen molar-refractivity contribution >= 4 is 17.7 Å². The Hall–Kier alpha value is -1.67.